The summed E-state index contributed by atoms with van der Waals surface area (Å²) in [6, 6.07) is 28.1. The van der Waals surface area contributed by atoms with Gasteiger partial charge in [0.2, 0.25) is 5.91 Å². The van der Waals surface area contributed by atoms with Gasteiger partial charge in [0.25, 0.3) is 0 Å². The summed E-state index contributed by atoms with van der Waals surface area (Å²) < 4.78 is 0. The fourth-order valence-electron chi connectivity index (χ4n) is 2.97. The number of anilines is 1. The lowest BCUT2D eigenvalue weighted by molar-refractivity contribution is -0.116. The van der Waals surface area contributed by atoms with E-state index < -0.39 is 0 Å². The van der Waals surface area contributed by atoms with Crippen molar-refractivity contribution in [3.8, 4) is 21.8 Å². The van der Waals surface area contributed by atoms with Crippen LogP contribution in [-0.4, -0.2) is 10.9 Å². The Morgan fingerprint density at radius 2 is 1.50 bits per heavy atom. The summed E-state index contributed by atoms with van der Waals surface area (Å²) in [6.07, 6.45) is 1.21. The van der Waals surface area contributed by atoms with Crippen molar-refractivity contribution in [3.63, 3.8) is 0 Å². The topological polar surface area (TPSA) is 42.0 Å². The molecular weight excluding hydrogens is 364 g/mol. The molecule has 4 heteroatoms. The first kappa shape index (κ1) is 18.1. The second-order valence-corrected chi connectivity index (χ2v) is 7.37. The van der Waals surface area contributed by atoms with Gasteiger partial charge in [-0.05, 0) is 24.1 Å². The van der Waals surface area contributed by atoms with E-state index >= 15 is 0 Å². The lowest BCUT2D eigenvalue weighted by atomic mass is 10.1. The molecule has 1 heterocycles. The maximum atomic E-state index is 12.2. The molecule has 0 aliphatic carbocycles. The highest BCUT2D eigenvalue weighted by atomic mass is 32.1. The number of aryl methyl sites for hydroxylation is 1. The molecule has 1 N–H and O–H groups in total. The van der Waals surface area contributed by atoms with Gasteiger partial charge in [0.15, 0.2) is 0 Å². The molecule has 3 nitrogen and oxygen atoms in total. The van der Waals surface area contributed by atoms with Crippen LogP contribution >= 0.6 is 11.3 Å². The smallest absolute Gasteiger partial charge is 0.224 e. The number of benzene rings is 3. The Labute approximate surface area is 168 Å². The maximum Gasteiger partial charge on any atom is 0.224 e. The quantitative estimate of drug-likeness (QED) is 0.440. The summed E-state index contributed by atoms with van der Waals surface area (Å²) in [6.45, 7) is 0. The minimum Gasteiger partial charge on any atom is -0.326 e. The van der Waals surface area contributed by atoms with Gasteiger partial charge in [-0.15, -0.1) is 11.3 Å². The molecule has 1 aromatic heterocycles. The number of carbonyl (C=O) groups is 1. The highest BCUT2D eigenvalue weighted by molar-refractivity contribution is 7.13. The molecule has 0 fully saturated rings. The van der Waals surface area contributed by atoms with Crippen molar-refractivity contribution in [3.05, 3.63) is 95.9 Å². The molecule has 0 radical (unpaired) electrons. The average molecular weight is 385 g/mol. The Morgan fingerprint density at radius 3 is 2.21 bits per heavy atom. The Kier molecular flexibility index (Phi) is 5.59. The second kappa shape index (κ2) is 8.63. The summed E-state index contributed by atoms with van der Waals surface area (Å²) in [4.78, 5) is 16.9. The third-order valence-electron chi connectivity index (χ3n) is 4.47. The molecule has 4 rings (SSSR count). The zero-order valence-electron chi connectivity index (χ0n) is 15.3. The molecule has 4 aromatic rings. The van der Waals surface area contributed by atoms with E-state index in [1.54, 1.807) is 11.3 Å². The molecule has 0 spiro atoms. The van der Waals surface area contributed by atoms with Gasteiger partial charge < -0.3 is 5.32 Å². The molecule has 0 unspecified atom stereocenters. The van der Waals surface area contributed by atoms with Crippen molar-refractivity contribution in [2.75, 3.05) is 5.32 Å². The lowest BCUT2D eigenvalue weighted by Gasteiger charge is -2.06. The van der Waals surface area contributed by atoms with Crippen molar-refractivity contribution in [1.29, 1.82) is 0 Å². The van der Waals surface area contributed by atoms with E-state index in [0.29, 0.717) is 6.42 Å². The number of carbonyl (C=O) groups excluding carboxylic acids is 1. The van der Waals surface area contributed by atoms with E-state index in [2.05, 4.69) is 22.8 Å². The predicted octanol–water partition coefficient (Wildman–Crippen LogP) is 6.05. The molecule has 28 heavy (non-hydrogen) atoms. The van der Waals surface area contributed by atoms with Crippen molar-refractivity contribution in [2.24, 2.45) is 0 Å². The third-order valence-corrected chi connectivity index (χ3v) is 5.36. The van der Waals surface area contributed by atoms with Crippen LogP contribution in [-0.2, 0) is 11.2 Å². The predicted molar refractivity (Wildman–Crippen MR) is 116 cm³/mol. The van der Waals surface area contributed by atoms with E-state index in [4.69, 9.17) is 4.98 Å². The Balaban J connectivity index is 1.37. The maximum absolute atomic E-state index is 12.2. The minimum absolute atomic E-state index is 0.0247. The van der Waals surface area contributed by atoms with Gasteiger partial charge in [0.05, 0.1) is 5.69 Å². The Bertz CT molecular complexity index is 1040. The number of thiazole rings is 1. The van der Waals surface area contributed by atoms with Crippen LogP contribution in [0.15, 0.2) is 90.3 Å². The summed E-state index contributed by atoms with van der Waals surface area (Å²) >= 11 is 1.64. The Hall–Kier alpha value is -3.24. The molecular formula is C24H20N2OS. The van der Waals surface area contributed by atoms with Gasteiger partial charge in [-0.1, -0.05) is 72.8 Å². The number of hydrogen-bond donors (Lipinski definition) is 1. The summed E-state index contributed by atoms with van der Waals surface area (Å²) in [5, 5.41) is 6.04. The molecule has 0 aliphatic rings. The molecule has 0 saturated heterocycles. The lowest BCUT2D eigenvalue weighted by Crippen LogP contribution is -2.12. The monoisotopic (exact) mass is 384 g/mol. The molecule has 1 amide bonds. The molecule has 3 aromatic carbocycles. The van der Waals surface area contributed by atoms with Crippen molar-refractivity contribution in [1.82, 2.24) is 4.98 Å². The number of hydrogen-bond acceptors (Lipinski definition) is 3. The molecule has 0 saturated carbocycles. The van der Waals surface area contributed by atoms with E-state index in [9.17, 15) is 4.79 Å². The molecule has 0 aliphatic heterocycles. The van der Waals surface area contributed by atoms with Crippen molar-refractivity contribution < 1.29 is 4.79 Å². The summed E-state index contributed by atoms with van der Waals surface area (Å²) in [5.41, 5.74) is 5.10. The highest BCUT2D eigenvalue weighted by Crippen LogP contribution is 2.29. The van der Waals surface area contributed by atoms with Gasteiger partial charge in [-0.3, -0.25) is 4.79 Å². The largest absolute Gasteiger partial charge is 0.326 e. The van der Waals surface area contributed by atoms with Crippen LogP contribution in [0.2, 0.25) is 0 Å². The van der Waals surface area contributed by atoms with E-state index in [1.807, 2.05) is 72.8 Å². The highest BCUT2D eigenvalue weighted by Gasteiger charge is 2.07. The first-order valence-electron chi connectivity index (χ1n) is 9.23. The van der Waals surface area contributed by atoms with Crippen LogP contribution in [0.4, 0.5) is 5.69 Å². The number of nitrogens with zero attached hydrogens (tertiary/aromatic N) is 1. The third kappa shape index (κ3) is 4.53. The summed E-state index contributed by atoms with van der Waals surface area (Å²) in [5.74, 6) is 0.0247. The summed E-state index contributed by atoms with van der Waals surface area (Å²) in [7, 11) is 0. The number of nitrogens with one attached hydrogen (secondary N) is 1. The van der Waals surface area contributed by atoms with Crippen LogP contribution < -0.4 is 5.32 Å². The number of amides is 1. The van der Waals surface area contributed by atoms with Gasteiger partial charge >= 0.3 is 0 Å². The van der Waals surface area contributed by atoms with Gasteiger partial charge in [-0.2, -0.15) is 0 Å². The van der Waals surface area contributed by atoms with Crippen LogP contribution in [0.5, 0.6) is 0 Å². The zero-order chi connectivity index (χ0) is 19.2. The fraction of sp³-hybridized carbons (Fsp3) is 0.0833. The minimum atomic E-state index is 0.0247. The normalized spacial score (nSPS) is 10.6. The SMILES string of the molecule is O=C(CCc1ccccc1)Nc1ccc(-c2csc(-c3ccccc3)n2)cc1. The fourth-order valence-corrected chi connectivity index (χ4v) is 3.81. The number of rotatable bonds is 6. The van der Waals surface area contributed by atoms with Crippen molar-refractivity contribution >= 4 is 22.9 Å². The first-order valence-corrected chi connectivity index (χ1v) is 10.1. The van der Waals surface area contributed by atoms with Gasteiger partial charge in [-0.25, -0.2) is 4.98 Å². The van der Waals surface area contributed by atoms with Crippen molar-refractivity contribution in [2.45, 2.75) is 12.8 Å². The van der Waals surface area contributed by atoms with E-state index in [0.717, 1.165) is 33.9 Å². The van der Waals surface area contributed by atoms with Gasteiger partial charge in [0, 0.05) is 28.6 Å². The van der Waals surface area contributed by atoms with Gasteiger partial charge in [0.1, 0.15) is 5.01 Å². The average Bonchev–Trinajstić information content (AvgIpc) is 3.25. The Morgan fingerprint density at radius 1 is 0.821 bits per heavy atom. The standard InChI is InChI=1S/C24H20N2OS/c27-23(16-11-18-7-3-1-4-8-18)25-21-14-12-19(13-15-21)22-17-28-24(26-22)20-9-5-2-6-10-20/h1-10,12-15,17H,11,16H2,(H,25,27). The zero-order valence-corrected chi connectivity index (χ0v) is 16.2. The molecule has 0 bridgehead atoms. The second-order valence-electron chi connectivity index (χ2n) is 6.52. The van der Waals surface area contributed by atoms with E-state index in [-0.39, 0.29) is 5.91 Å². The molecule has 0 atom stereocenters. The first-order chi connectivity index (χ1) is 13.8. The molecule has 138 valence electrons. The van der Waals surface area contributed by atoms with Crippen LogP contribution in [0.3, 0.4) is 0 Å². The van der Waals surface area contributed by atoms with Crippen LogP contribution in [0, 0.1) is 0 Å². The van der Waals surface area contributed by atoms with Crippen LogP contribution in [0.1, 0.15) is 12.0 Å². The number of aromatic nitrogens is 1. The van der Waals surface area contributed by atoms with E-state index in [1.165, 1.54) is 5.56 Å². The van der Waals surface area contributed by atoms with Crippen LogP contribution in [0.25, 0.3) is 21.8 Å².